The molecule has 0 spiro atoms. The van der Waals surface area contributed by atoms with Crippen LogP contribution in [0.15, 0.2) is 47.6 Å². The lowest BCUT2D eigenvalue weighted by molar-refractivity contribution is 0.471. The van der Waals surface area contributed by atoms with Crippen molar-refractivity contribution in [2.24, 2.45) is 5.10 Å². The molecule has 0 aliphatic carbocycles. The minimum absolute atomic E-state index is 0.0523. The van der Waals surface area contributed by atoms with Gasteiger partial charge in [0.2, 0.25) is 0 Å². The molecule has 0 saturated carbocycles. The second kappa shape index (κ2) is 4.96. The molecule has 4 heteroatoms. The Labute approximate surface area is 116 Å². The average Bonchev–Trinajstić information content (AvgIpc) is 2.92. The summed E-state index contributed by atoms with van der Waals surface area (Å²) in [4.78, 5) is 0. The van der Waals surface area contributed by atoms with Crippen LogP contribution in [0.1, 0.15) is 29.2 Å². The van der Waals surface area contributed by atoms with Crippen LogP contribution in [-0.2, 0) is 0 Å². The molecule has 2 aromatic rings. The Morgan fingerprint density at radius 1 is 1.20 bits per heavy atom. The Kier molecular flexibility index (Phi) is 3.14. The van der Waals surface area contributed by atoms with Crippen LogP contribution in [0.2, 0.25) is 0 Å². The summed E-state index contributed by atoms with van der Waals surface area (Å²) in [6, 6.07) is 12.2. The molecule has 1 heterocycles. The molecule has 1 aliphatic rings. The fourth-order valence-corrected chi connectivity index (χ4v) is 2.34. The molecule has 0 amide bonds. The number of halogens is 1. The minimum atomic E-state index is -0.376. The van der Waals surface area contributed by atoms with Crippen molar-refractivity contribution >= 4 is 5.71 Å². The zero-order valence-corrected chi connectivity index (χ0v) is 11.1. The predicted molar refractivity (Wildman–Crippen MR) is 76.3 cm³/mol. The molecule has 0 radical (unpaired) electrons. The van der Waals surface area contributed by atoms with E-state index in [0.717, 1.165) is 5.56 Å². The van der Waals surface area contributed by atoms with Crippen molar-refractivity contribution in [3.05, 3.63) is 65.0 Å². The minimum Gasteiger partial charge on any atom is -0.507 e. The van der Waals surface area contributed by atoms with E-state index in [1.807, 2.05) is 6.92 Å². The van der Waals surface area contributed by atoms with E-state index in [0.29, 0.717) is 17.7 Å². The molecule has 0 fully saturated rings. The van der Waals surface area contributed by atoms with Gasteiger partial charge in [-0.2, -0.15) is 5.10 Å². The molecule has 1 aliphatic heterocycles. The molecule has 1 atom stereocenters. The number of hydrogen-bond donors (Lipinski definition) is 2. The lowest BCUT2D eigenvalue weighted by Gasteiger charge is -2.10. The fourth-order valence-electron chi connectivity index (χ4n) is 2.34. The number of phenolic OH excluding ortho intramolecular Hbond substituents is 1. The SMILES string of the molecule is Cc1ccc([C@@H]2CC(c3cc(F)ccc3O)=NN2)cc1. The van der Waals surface area contributed by atoms with Gasteiger partial charge in [-0.1, -0.05) is 29.8 Å². The summed E-state index contributed by atoms with van der Waals surface area (Å²) in [6.45, 7) is 2.04. The van der Waals surface area contributed by atoms with Crippen LogP contribution >= 0.6 is 0 Å². The van der Waals surface area contributed by atoms with Gasteiger partial charge in [-0.3, -0.25) is 0 Å². The molecule has 0 bridgehead atoms. The Bertz CT molecular complexity index is 665. The molecule has 102 valence electrons. The van der Waals surface area contributed by atoms with E-state index in [9.17, 15) is 9.50 Å². The maximum absolute atomic E-state index is 13.3. The summed E-state index contributed by atoms with van der Waals surface area (Å²) in [6.07, 6.45) is 0.625. The van der Waals surface area contributed by atoms with Gasteiger partial charge >= 0.3 is 0 Å². The fraction of sp³-hybridized carbons (Fsp3) is 0.188. The molecule has 0 unspecified atom stereocenters. The van der Waals surface area contributed by atoms with E-state index in [2.05, 4.69) is 34.8 Å². The Balaban J connectivity index is 1.82. The number of rotatable bonds is 2. The summed E-state index contributed by atoms with van der Waals surface area (Å²) >= 11 is 0. The Morgan fingerprint density at radius 3 is 2.70 bits per heavy atom. The zero-order chi connectivity index (χ0) is 14.1. The normalized spacial score (nSPS) is 17.7. The van der Waals surface area contributed by atoms with Crippen molar-refractivity contribution in [2.45, 2.75) is 19.4 Å². The van der Waals surface area contributed by atoms with Gasteiger partial charge in [0.05, 0.1) is 11.8 Å². The van der Waals surface area contributed by atoms with Crippen LogP contribution in [-0.4, -0.2) is 10.8 Å². The van der Waals surface area contributed by atoms with Crippen molar-refractivity contribution in [3.63, 3.8) is 0 Å². The smallest absolute Gasteiger partial charge is 0.124 e. The van der Waals surface area contributed by atoms with Gasteiger partial charge in [0.15, 0.2) is 0 Å². The van der Waals surface area contributed by atoms with E-state index in [4.69, 9.17) is 0 Å². The zero-order valence-electron chi connectivity index (χ0n) is 11.1. The number of benzene rings is 2. The maximum atomic E-state index is 13.3. The van der Waals surface area contributed by atoms with E-state index >= 15 is 0 Å². The number of nitrogens with one attached hydrogen (secondary N) is 1. The van der Waals surface area contributed by atoms with Gasteiger partial charge < -0.3 is 10.5 Å². The highest BCUT2D eigenvalue weighted by molar-refractivity contribution is 6.03. The molecule has 2 aromatic carbocycles. The van der Waals surface area contributed by atoms with Gasteiger partial charge in [0.1, 0.15) is 11.6 Å². The Morgan fingerprint density at radius 2 is 1.95 bits per heavy atom. The molecule has 0 saturated heterocycles. The third-order valence-electron chi connectivity index (χ3n) is 3.50. The van der Waals surface area contributed by atoms with Crippen LogP contribution in [0.4, 0.5) is 4.39 Å². The number of phenols is 1. The predicted octanol–water partition coefficient (Wildman–Crippen LogP) is 3.28. The van der Waals surface area contributed by atoms with E-state index in [1.165, 1.54) is 23.8 Å². The largest absolute Gasteiger partial charge is 0.507 e. The molecule has 3 nitrogen and oxygen atoms in total. The first-order valence-corrected chi connectivity index (χ1v) is 6.51. The van der Waals surface area contributed by atoms with E-state index in [1.54, 1.807) is 0 Å². The summed E-state index contributed by atoms with van der Waals surface area (Å²) in [5, 5.41) is 14.0. The first-order valence-electron chi connectivity index (χ1n) is 6.51. The van der Waals surface area contributed by atoms with Crippen LogP contribution in [0.3, 0.4) is 0 Å². The van der Waals surface area contributed by atoms with E-state index in [-0.39, 0.29) is 17.6 Å². The topological polar surface area (TPSA) is 44.6 Å². The summed E-state index contributed by atoms with van der Waals surface area (Å²) in [5.74, 6) is -0.323. The van der Waals surface area contributed by atoms with Gasteiger partial charge in [-0.05, 0) is 30.7 Å². The molecule has 0 aromatic heterocycles. The molecular formula is C16H15FN2O. The third-order valence-corrected chi connectivity index (χ3v) is 3.50. The van der Waals surface area contributed by atoms with Crippen molar-refractivity contribution in [1.82, 2.24) is 5.43 Å². The van der Waals surface area contributed by atoms with Crippen LogP contribution in [0.25, 0.3) is 0 Å². The first-order chi connectivity index (χ1) is 9.63. The highest BCUT2D eigenvalue weighted by Gasteiger charge is 2.23. The highest BCUT2D eigenvalue weighted by Crippen LogP contribution is 2.28. The number of hydrazone groups is 1. The quantitative estimate of drug-likeness (QED) is 0.879. The lowest BCUT2D eigenvalue weighted by Crippen LogP contribution is -2.09. The van der Waals surface area contributed by atoms with Crippen molar-refractivity contribution in [2.75, 3.05) is 0 Å². The lowest BCUT2D eigenvalue weighted by atomic mass is 9.98. The van der Waals surface area contributed by atoms with Crippen molar-refractivity contribution in [1.29, 1.82) is 0 Å². The average molecular weight is 270 g/mol. The number of aryl methyl sites for hydroxylation is 1. The standard InChI is InChI=1S/C16H15FN2O/c1-10-2-4-11(5-3-10)14-9-15(19-18-14)13-8-12(17)6-7-16(13)20/h2-8,14,18,20H,9H2,1H3/t14-/m0/s1. The Hall–Kier alpha value is -2.36. The van der Waals surface area contributed by atoms with E-state index < -0.39 is 0 Å². The van der Waals surface area contributed by atoms with Crippen LogP contribution in [0, 0.1) is 12.7 Å². The van der Waals surface area contributed by atoms with Crippen LogP contribution in [0.5, 0.6) is 5.75 Å². The van der Waals surface area contributed by atoms with Crippen molar-refractivity contribution < 1.29 is 9.50 Å². The third kappa shape index (κ3) is 2.37. The second-order valence-corrected chi connectivity index (χ2v) is 5.02. The maximum Gasteiger partial charge on any atom is 0.124 e. The van der Waals surface area contributed by atoms with Crippen molar-refractivity contribution in [3.8, 4) is 5.75 Å². The number of nitrogens with zero attached hydrogens (tertiary/aromatic N) is 1. The summed E-state index contributed by atoms with van der Waals surface area (Å²) in [7, 11) is 0. The summed E-state index contributed by atoms with van der Waals surface area (Å²) in [5.41, 5.74) is 6.50. The first kappa shape index (κ1) is 12.7. The van der Waals surface area contributed by atoms with Gasteiger partial charge in [0.25, 0.3) is 0 Å². The molecule has 3 rings (SSSR count). The second-order valence-electron chi connectivity index (χ2n) is 5.02. The monoisotopic (exact) mass is 270 g/mol. The van der Waals surface area contributed by atoms with Gasteiger partial charge in [-0.15, -0.1) is 0 Å². The molecule has 2 N–H and O–H groups in total. The molecular weight excluding hydrogens is 255 g/mol. The number of hydrogen-bond acceptors (Lipinski definition) is 3. The van der Waals surface area contributed by atoms with Crippen LogP contribution < -0.4 is 5.43 Å². The van der Waals surface area contributed by atoms with Gasteiger partial charge in [0, 0.05) is 12.0 Å². The number of aromatic hydroxyl groups is 1. The highest BCUT2D eigenvalue weighted by atomic mass is 19.1. The van der Waals surface area contributed by atoms with Gasteiger partial charge in [-0.25, -0.2) is 4.39 Å². The molecule has 20 heavy (non-hydrogen) atoms. The summed E-state index contributed by atoms with van der Waals surface area (Å²) < 4.78 is 13.3.